The highest BCUT2D eigenvalue weighted by Gasteiger charge is 2.39. The molecule has 5 heterocycles. The smallest absolute Gasteiger partial charge is 0.421 e. The van der Waals surface area contributed by atoms with Crippen molar-refractivity contribution in [2.45, 2.75) is 37.9 Å². The van der Waals surface area contributed by atoms with E-state index in [9.17, 15) is 18.0 Å². The van der Waals surface area contributed by atoms with Crippen LogP contribution in [0.15, 0.2) is 36.7 Å². The third kappa shape index (κ3) is 3.63. The van der Waals surface area contributed by atoms with Gasteiger partial charge >= 0.3 is 6.18 Å². The summed E-state index contributed by atoms with van der Waals surface area (Å²) >= 11 is 0. The molecule has 0 radical (unpaired) electrons. The molecule has 1 fully saturated rings. The summed E-state index contributed by atoms with van der Waals surface area (Å²) in [5.41, 5.74) is 1.23. The van der Waals surface area contributed by atoms with E-state index in [1.54, 1.807) is 17.1 Å². The number of methoxy groups -OCH3 is 1. The van der Waals surface area contributed by atoms with Crippen molar-refractivity contribution in [3.8, 4) is 17.0 Å². The second-order valence-corrected chi connectivity index (χ2v) is 8.39. The van der Waals surface area contributed by atoms with Gasteiger partial charge in [-0.3, -0.25) is 9.48 Å². The summed E-state index contributed by atoms with van der Waals surface area (Å²) in [6.07, 6.45) is 0.286. The predicted octanol–water partition coefficient (Wildman–Crippen LogP) is 4.51. The fourth-order valence-electron chi connectivity index (χ4n) is 4.45. The van der Waals surface area contributed by atoms with Gasteiger partial charge in [0.1, 0.15) is 17.1 Å². The van der Waals surface area contributed by atoms with Gasteiger partial charge in [0.05, 0.1) is 31.0 Å². The molecule has 7 nitrogen and oxygen atoms in total. The first-order valence-corrected chi connectivity index (χ1v) is 10.7. The van der Waals surface area contributed by atoms with Gasteiger partial charge in [0, 0.05) is 24.8 Å². The van der Waals surface area contributed by atoms with Gasteiger partial charge in [-0.1, -0.05) is 0 Å². The lowest BCUT2D eigenvalue weighted by molar-refractivity contribution is -0.139. The van der Waals surface area contributed by atoms with Crippen molar-refractivity contribution < 1.29 is 22.7 Å². The molecule has 33 heavy (non-hydrogen) atoms. The minimum atomic E-state index is -4.60. The Labute approximate surface area is 188 Å². The lowest BCUT2D eigenvalue weighted by atomic mass is 9.85. The number of hydrogen-bond acceptors (Lipinski definition) is 6. The number of Topliss-reactive ketones (excluding diaryl/α,β-unsaturated/α-hetero) is 1. The van der Waals surface area contributed by atoms with Crippen molar-refractivity contribution in [3.63, 3.8) is 0 Å². The number of hydrogen-bond donors (Lipinski definition) is 0. The van der Waals surface area contributed by atoms with Gasteiger partial charge in [-0.05, 0) is 49.6 Å². The lowest BCUT2D eigenvalue weighted by Crippen LogP contribution is -2.37. The number of pyridine rings is 2. The van der Waals surface area contributed by atoms with Crippen molar-refractivity contribution in [1.82, 2.24) is 19.7 Å². The quantitative estimate of drug-likeness (QED) is 0.574. The van der Waals surface area contributed by atoms with Crippen molar-refractivity contribution in [1.29, 1.82) is 0 Å². The van der Waals surface area contributed by atoms with Crippen LogP contribution in [0.2, 0.25) is 0 Å². The summed E-state index contributed by atoms with van der Waals surface area (Å²) < 4.78 is 46.4. The fourth-order valence-corrected chi connectivity index (χ4v) is 4.45. The largest absolute Gasteiger partial charge is 0.481 e. The molecule has 3 aromatic heterocycles. The third-order valence-corrected chi connectivity index (χ3v) is 6.31. The monoisotopic (exact) mass is 457 g/mol. The number of ketones is 1. The van der Waals surface area contributed by atoms with Gasteiger partial charge in [-0.15, -0.1) is 0 Å². The van der Waals surface area contributed by atoms with E-state index < -0.39 is 23.5 Å². The molecule has 1 saturated heterocycles. The van der Waals surface area contributed by atoms with Crippen LogP contribution in [0.3, 0.4) is 0 Å². The Morgan fingerprint density at radius 3 is 2.64 bits per heavy atom. The Morgan fingerprint density at radius 2 is 1.97 bits per heavy atom. The molecule has 3 aromatic rings. The Bertz CT molecular complexity index is 1220. The highest BCUT2D eigenvalue weighted by atomic mass is 19.4. The molecule has 2 aliphatic rings. The van der Waals surface area contributed by atoms with Gasteiger partial charge in [0.25, 0.3) is 0 Å². The van der Waals surface area contributed by atoms with Crippen molar-refractivity contribution in [2.75, 3.05) is 25.1 Å². The number of halogens is 3. The minimum Gasteiger partial charge on any atom is -0.481 e. The molecule has 0 saturated carbocycles. The minimum absolute atomic E-state index is 0.136. The van der Waals surface area contributed by atoms with Crippen LogP contribution >= 0.6 is 0 Å². The van der Waals surface area contributed by atoms with Crippen molar-refractivity contribution >= 4 is 11.6 Å². The number of fused-ring (bicyclic) bond motifs is 1. The van der Waals surface area contributed by atoms with Crippen LogP contribution in [-0.4, -0.2) is 45.7 Å². The van der Waals surface area contributed by atoms with Crippen LogP contribution in [0.4, 0.5) is 19.0 Å². The first-order valence-electron chi connectivity index (χ1n) is 10.7. The first-order chi connectivity index (χ1) is 15.8. The second-order valence-electron chi connectivity index (χ2n) is 8.39. The van der Waals surface area contributed by atoms with Gasteiger partial charge in [-0.25, -0.2) is 9.97 Å². The number of carbonyl (C=O) groups excluding carboxylic acids is 1. The zero-order chi connectivity index (χ0) is 23.3. The fraction of sp³-hybridized carbons (Fsp3) is 0.391. The Kier molecular flexibility index (Phi) is 5.10. The zero-order valence-corrected chi connectivity index (χ0v) is 18.1. The van der Waals surface area contributed by atoms with E-state index in [1.807, 2.05) is 19.1 Å². The SMILES string of the molecule is COc1nc(C2C[C@H](C)n3ncc(-c4ccnc(N5CCC5)c4)c3C2=O)ccc1C(F)(F)F. The number of ether oxygens (including phenoxy) is 1. The maximum absolute atomic E-state index is 13.6. The van der Waals surface area contributed by atoms with Crippen LogP contribution < -0.4 is 9.64 Å². The van der Waals surface area contributed by atoms with Crippen LogP contribution in [0.25, 0.3) is 11.1 Å². The molecule has 1 unspecified atom stereocenters. The van der Waals surface area contributed by atoms with Crippen LogP contribution in [0.1, 0.15) is 53.5 Å². The molecule has 0 amide bonds. The van der Waals surface area contributed by atoms with Gasteiger partial charge < -0.3 is 9.64 Å². The number of anilines is 1. The molecular formula is C23H22F3N5O2. The van der Waals surface area contributed by atoms with E-state index in [1.165, 1.54) is 6.07 Å². The molecule has 172 valence electrons. The second kappa shape index (κ2) is 7.86. The standard InChI is InChI=1S/C23H22F3N5O2/c1-13-10-15(18-5-4-17(23(24,25)26)22(29-18)33-2)21(32)20-16(12-28-31(13)20)14-6-7-27-19(11-14)30-8-3-9-30/h4-7,11-13,15H,3,8-10H2,1-2H3/t13-,15?/m0/s1. The number of aromatic nitrogens is 4. The van der Waals surface area contributed by atoms with Crippen LogP contribution in [0.5, 0.6) is 5.88 Å². The van der Waals surface area contributed by atoms with E-state index in [4.69, 9.17) is 4.74 Å². The molecule has 0 aromatic carbocycles. The maximum atomic E-state index is 13.6. The molecule has 5 rings (SSSR count). The maximum Gasteiger partial charge on any atom is 0.421 e. The van der Waals surface area contributed by atoms with Gasteiger partial charge in [-0.2, -0.15) is 18.3 Å². The molecule has 2 aliphatic heterocycles. The van der Waals surface area contributed by atoms with Crippen LogP contribution in [0, 0.1) is 0 Å². The number of alkyl halides is 3. The molecular weight excluding hydrogens is 435 g/mol. The molecule has 0 aliphatic carbocycles. The number of carbonyl (C=O) groups is 1. The van der Waals surface area contributed by atoms with E-state index in [0.29, 0.717) is 17.7 Å². The zero-order valence-electron chi connectivity index (χ0n) is 18.1. The molecule has 2 atom stereocenters. The van der Waals surface area contributed by atoms with E-state index in [2.05, 4.69) is 20.0 Å². The van der Waals surface area contributed by atoms with E-state index >= 15 is 0 Å². The first kappa shape index (κ1) is 21.4. The summed E-state index contributed by atoms with van der Waals surface area (Å²) in [7, 11) is 1.14. The highest BCUT2D eigenvalue weighted by molar-refractivity contribution is 6.05. The predicted molar refractivity (Wildman–Crippen MR) is 114 cm³/mol. The third-order valence-electron chi connectivity index (χ3n) is 6.31. The summed E-state index contributed by atoms with van der Waals surface area (Å²) in [6.45, 7) is 3.82. The number of nitrogens with zero attached hydrogens (tertiary/aromatic N) is 5. The molecule has 0 spiro atoms. The Balaban J connectivity index is 1.54. The molecule has 0 N–H and O–H groups in total. The summed E-state index contributed by atoms with van der Waals surface area (Å²) in [5, 5.41) is 4.45. The summed E-state index contributed by atoms with van der Waals surface area (Å²) in [5.74, 6) is -0.609. The summed E-state index contributed by atoms with van der Waals surface area (Å²) in [4.78, 5) is 24.3. The van der Waals surface area contributed by atoms with Crippen LogP contribution in [-0.2, 0) is 6.18 Å². The number of rotatable bonds is 4. The average Bonchev–Trinajstić information content (AvgIpc) is 3.20. The average molecular weight is 457 g/mol. The molecule has 10 heteroatoms. The summed E-state index contributed by atoms with van der Waals surface area (Å²) in [6, 6.07) is 5.83. The van der Waals surface area contributed by atoms with Crippen molar-refractivity contribution in [2.24, 2.45) is 0 Å². The lowest BCUT2D eigenvalue weighted by Gasteiger charge is -2.32. The van der Waals surface area contributed by atoms with Gasteiger partial charge in [0.15, 0.2) is 5.78 Å². The van der Waals surface area contributed by atoms with Crippen molar-refractivity contribution in [3.05, 3.63) is 53.6 Å². The van der Waals surface area contributed by atoms with E-state index in [-0.39, 0.29) is 17.5 Å². The Morgan fingerprint density at radius 1 is 1.18 bits per heavy atom. The normalized spacial score (nSPS) is 20.4. The topological polar surface area (TPSA) is 73.1 Å². The van der Waals surface area contributed by atoms with Gasteiger partial charge in [0.2, 0.25) is 5.88 Å². The molecule has 0 bridgehead atoms. The highest BCUT2D eigenvalue weighted by Crippen LogP contribution is 2.41. The Hall–Kier alpha value is -3.43. The van der Waals surface area contributed by atoms with E-state index in [0.717, 1.165) is 44.1 Å².